The zero-order valence-corrected chi connectivity index (χ0v) is 11.6. The predicted octanol–water partition coefficient (Wildman–Crippen LogP) is 2.48. The molecular weight excluding hydrogens is 252 g/mol. The van der Waals surface area contributed by atoms with E-state index in [-0.39, 0.29) is 17.2 Å². The summed E-state index contributed by atoms with van der Waals surface area (Å²) in [6, 6.07) is 7.36. The molecule has 1 aliphatic heterocycles. The van der Waals surface area contributed by atoms with E-state index < -0.39 is 0 Å². The number of rotatable bonds is 2. The summed E-state index contributed by atoms with van der Waals surface area (Å²) in [5, 5.41) is 0. The van der Waals surface area contributed by atoms with E-state index in [9.17, 15) is 9.59 Å². The van der Waals surface area contributed by atoms with Gasteiger partial charge in [0.2, 0.25) is 11.8 Å². The number of nitrogens with two attached hydrogens (primary N) is 1. The molecule has 0 radical (unpaired) electrons. The van der Waals surface area contributed by atoms with Gasteiger partial charge in [0.15, 0.2) is 0 Å². The molecule has 1 aliphatic carbocycles. The van der Waals surface area contributed by atoms with Crippen molar-refractivity contribution in [1.82, 2.24) is 4.90 Å². The molecule has 2 amide bonds. The third kappa shape index (κ3) is 2.19. The normalized spacial score (nSPS) is 21.7. The van der Waals surface area contributed by atoms with Crippen molar-refractivity contribution in [3.63, 3.8) is 0 Å². The van der Waals surface area contributed by atoms with E-state index in [4.69, 9.17) is 5.73 Å². The van der Waals surface area contributed by atoms with Gasteiger partial charge in [0, 0.05) is 12.1 Å². The molecule has 1 saturated carbocycles. The lowest BCUT2D eigenvalue weighted by molar-refractivity contribution is -0.142. The number of hydrogen-bond acceptors (Lipinski definition) is 3. The van der Waals surface area contributed by atoms with Crippen LogP contribution < -0.4 is 5.73 Å². The number of hydrogen-bond donors (Lipinski definition) is 1. The maximum Gasteiger partial charge on any atom is 0.236 e. The van der Waals surface area contributed by atoms with Gasteiger partial charge in [-0.3, -0.25) is 14.5 Å². The van der Waals surface area contributed by atoms with Crippen molar-refractivity contribution in [2.45, 2.75) is 45.1 Å². The Balaban J connectivity index is 1.78. The first-order valence-electron chi connectivity index (χ1n) is 7.30. The second-order valence-electron chi connectivity index (χ2n) is 6.04. The zero-order valence-electron chi connectivity index (χ0n) is 11.6. The Bertz CT molecular complexity index is 530. The van der Waals surface area contributed by atoms with E-state index in [1.165, 1.54) is 11.3 Å². The molecule has 1 saturated heterocycles. The zero-order chi connectivity index (χ0) is 14.2. The van der Waals surface area contributed by atoms with E-state index in [0.29, 0.717) is 18.7 Å². The van der Waals surface area contributed by atoms with Crippen molar-refractivity contribution in [3.8, 4) is 0 Å². The summed E-state index contributed by atoms with van der Waals surface area (Å²) in [5.41, 5.74) is 6.91. The number of benzene rings is 1. The highest BCUT2D eigenvalue weighted by Crippen LogP contribution is 2.45. The molecule has 106 valence electrons. The van der Waals surface area contributed by atoms with E-state index in [1.807, 2.05) is 12.1 Å². The number of carbonyl (C=O) groups excluding carboxylic acids is 2. The minimum Gasteiger partial charge on any atom is -0.399 e. The number of nitrogen functional groups attached to an aromatic ring is 1. The third-order valence-corrected chi connectivity index (χ3v) is 4.62. The Kier molecular flexibility index (Phi) is 3.24. The summed E-state index contributed by atoms with van der Waals surface area (Å²) in [6.07, 6.45) is 5.46. The Labute approximate surface area is 118 Å². The van der Waals surface area contributed by atoms with Crippen LogP contribution in [0.2, 0.25) is 0 Å². The molecule has 4 heteroatoms. The van der Waals surface area contributed by atoms with Crippen LogP contribution in [0.25, 0.3) is 0 Å². The number of nitrogens with zero attached hydrogens (tertiary/aromatic N) is 1. The fourth-order valence-electron chi connectivity index (χ4n) is 3.44. The quantitative estimate of drug-likeness (QED) is 0.664. The van der Waals surface area contributed by atoms with Crippen molar-refractivity contribution in [1.29, 1.82) is 0 Å². The number of carbonyl (C=O) groups is 2. The maximum atomic E-state index is 12.6. The van der Waals surface area contributed by atoms with Gasteiger partial charge in [0.1, 0.15) is 0 Å². The smallest absolute Gasteiger partial charge is 0.236 e. The Morgan fingerprint density at radius 3 is 2.35 bits per heavy atom. The molecular formula is C16H20N2O2. The van der Waals surface area contributed by atoms with Crippen LogP contribution in [-0.2, 0) is 16.1 Å². The van der Waals surface area contributed by atoms with Gasteiger partial charge in [-0.2, -0.15) is 0 Å². The van der Waals surface area contributed by atoms with Gasteiger partial charge in [-0.1, -0.05) is 31.4 Å². The van der Waals surface area contributed by atoms with E-state index in [2.05, 4.69) is 0 Å². The van der Waals surface area contributed by atoms with Gasteiger partial charge >= 0.3 is 0 Å². The van der Waals surface area contributed by atoms with Crippen LogP contribution >= 0.6 is 0 Å². The van der Waals surface area contributed by atoms with Crippen LogP contribution in [0.1, 0.15) is 44.1 Å². The average molecular weight is 272 g/mol. The lowest BCUT2D eigenvalue weighted by Crippen LogP contribution is -2.36. The first-order valence-corrected chi connectivity index (χ1v) is 7.30. The fraction of sp³-hybridized carbons (Fsp3) is 0.500. The minimum atomic E-state index is -0.386. The van der Waals surface area contributed by atoms with Crippen molar-refractivity contribution in [2.24, 2.45) is 5.41 Å². The first-order chi connectivity index (χ1) is 9.61. The SMILES string of the molecule is Nc1ccc(CN2C(=O)CC3(CCCCC3)C2=O)cc1. The Morgan fingerprint density at radius 2 is 1.70 bits per heavy atom. The summed E-state index contributed by atoms with van der Waals surface area (Å²) in [4.78, 5) is 26.3. The molecule has 2 aliphatic rings. The molecule has 2 N–H and O–H groups in total. The van der Waals surface area contributed by atoms with Crippen LogP contribution in [-0.4, -0.2) is 16.7 Å². The van der Waals surface area contributed by atoms with Crippen LogP contribution in [0.4, 0.5) is 5.69 Å². The summed E-state index contributed by atoms with van der Waals surface area (Å²) in [6.45, 7) is 0.375. The summed E-state index contributed by atoms with van der Waals surface area (Å²) >= 11 is 0. The standard InChI is InChI=1S/C16H20N2O2/c17-13-6-4-12(5-7-13)11-18-14(19)10-16(15(18)20)8-2-1-3-9-16/h4-7H,1-3,8-11,17H2. The molecule has 0 aromatic heterocycles. The molecule has 1 heterocycles. The Morgan fingerprint density at radius 1 is 1.05 bits per heavy atom. The molecule has 0 bridgehead atoms. The van der Waals surface area contributed by atoms with E-state index >= 15 is 0 Å². The van der Waals surface area contributed by atoms with Crippen molar-refractivity contribution >= 4 is 17.5 Å². The van der Waals surface area contributed by atoms with Gasteiger partial charge in [-0.15, -0.1) is 0 Å². The maximum absolute atomic E-state index is 12.6. The molecule has 3 rings (SSSR count). The lowest BCUT2D eigenvalue weighted by Gasteiger charge is -2.30. The number of anilines is 1. The molecule has 20 heavy (non-hydrogen) atoms. The predicted molar refractivity (Wildman–Crippen MR) is 76.5 cm³/mol. The molecule has 1 aromatic rings. The van der Waals surface area contributed by atoms with Gasteiger partial charge in [-0.05, 0) is 30.5 Å². The van der Waals surface area contributed by atoms with Gasteiger partial charge < -0.3 is 5.73 Å². The number of likely N-dealkylation sites (tertiary alicyclic amines) is 1. The summed E-state index contributed by atoms with van der Waals surface area (Å²) < 4.78 is 0. The largest absolute Gasteiger partial charge is 0.399 e. The summed E-state index contributed by atoms with van der Waals surface area (Å²) in [7, 11) is 0. The lowest BCUT2D eigenvalue weighted by atomic mass is 9.73. The molecule has 0 unspecified atom stereocenters. The van der Waals surface area contributed by atoms with E-state index in [0.717, 1.165) is 31.2 Å². The van der Waals surface area contributed by atoms with Crippen molar-refractivity contribution in [3.05, 3.63) is 29.8 Å². The van der Waals surface area contributed by atoms with Crippen LogP contribution in [0.5, 0.6) is 0 Å². The average Bonchev–Trinajstić information content (AvgIpc) is 2.67. The first kappa shape index (κ1) is 13.2. The fourth-order valence-corrected chi connectivity index (χ4v) is 3.44. The molecule has 4 nitrogen and oxygen atoms in total. The third-order valence-electron chi connectivity index (χ3n) is 4.62. The van der Waals surface area contributed by atoms with Crippen LogP contribution in [0, 0.1) is 5.41 Å². The topological polar surface area (TPSA) is 63.4 Å². The second-order valence-corrected chi connectivity index (χ2v) is 6.04. The van der Waals surface area contributed by atoms with Crippen molar-refractivity contribution < 1.29 is 9.59 Å². The van der Waals surface area contributed by atoms with Gasteiger partial charge in [0.25, 0.3) is 0 Å². The Hall–Kier alpha value is -1.84. The molecule has 2 fully saturated rings. The van der Waals surface area contributed by atoms with Gasteiger partial charge in [0.05, 0.1) is 12.0 Å². The highest BCUT2D eigenvalue weighted by molar-refractivity contribution is 6.05. The molecule has 1 aromatic carbocycles. The number of imide groups is 1. The molecule has 0 atom stereocenters. The monoisotopic (exact) mass is 272 g/mol. The van der Waals surface area contributed by atoms with E-state index in [1.54, 1.807) is 12.1 Å². The van der Waals surface area contributed by atoms with Crippen molar-refractivity contribution in [2.75, 3.05) is 5.73 Å². The number of amides is 2. The highest BCUT2D eigenvalue weighted by Gasteiger charge is 2.51. The van der Waals surface area contributed by atoms with Crippen LogP contribution in [0.3, 0.4) is 0 Å². The minimum absolute atomic E-state index is 0.0197. The van der Waals surface area contributed by atoms with Crippen LogP contribution in [0.15, 0.2) is 24.3 Å². The summed E-state index contributed by atoms with van der Waals surface area (Å²) in [5.74, 6) is 0.0211. The highest BCUT2D eigenvalue weighted by atomic mass is 16.2. The molecule has 1 spiro atoms. The second kappa shape index (κ2) is 4.93. The van der Waals surface area contributed by atoms with Gasteiger partial charge in [-0.25, -0.2) is 0 Å².